The van der Waals surface area contributed by atoms with Crippen molar-refractivity contribution in [2.45, 2.75) is 99.1 Å². The van der Waals surface area contributed by atoms with Crippen LogP contribution in [-0.2, 0) is 4.79 Å². The number of likely N-dealkylation sites (tertiary alicyclic amines) is 1. The van der Waals surface area contributed by atoms with Crippen molar-refractivity contribution in [3.63, 3.8) is 0 Å². The second-order valence-corrected chi connectivity index (χ2v) is 12.0. The van der Waals surface area contributed by atoms with Gasteiger partial charge in [0.15, 0.2) is 5.78 Å². The molecule has 0 aromatic carbocycles. The van der Waals surface area contributed by atoms with E-state index in [2.05, 4.69) is 77.8 Å². The summed E-state index contributed by atoms with van der Waals surface area (Å²) in [7, 11) is 0. The topological polar surface area (TPSA) is 44.4 Å². The maximum atomic E-state index is 13.7. The number of Topliss-reactive ketones (excluding diaryl/α,β-unsaturated/α-hetero) is 1. The normalized spacial score (nSPS) is 39.0. The first kappa shape index (κ1) is 20.3. The van der Waals surface area contributed by atoms with Crippen LogP contribution in [0.2, 0.25) is 0 Å². The van der Waals surface area contributed by atoms with E-state index in [9.17, 15) is 4.79 Å². The fraction of sp³-hybridized carbons (Fsp3) is 0.955. The van der Waals surface area contributed by atoms with Crippen molar-refractivity contribution in [3.05, 3.63) is 0 Å². The molecule has 26 heavy (non-hydrogen) atoms. The zero-order valence-electron chi connectivity index (χ0n) is 18.4. The van der Waals surface area contributed by atoms with Gasteiger partial charge in [-0.2, -0.15) is 0 Å². The molecule has 2 N–H and O–H groups in total. The lowest BCUT2D eigenvalue weighted by Gasteiger charge is -2.46. The van der Waals surface area contributed by atoms with Gasteiger partial charge < -0.3 is 5.32 Å². The van der Waals surface area contributed by atoms with Crippen LogP contribution < -0.4 is 10.6 Å². The van der Waals surface area contributed by atoms with E-state index in [1.54, 1.807) is 0 Å². The molecular weight excluding hydrogens is 322 g/mol. The van der Waals surface area contributed by atoms with Crippen LogP contribution in [0.25, 0.3) is 0 Å². The first-order valence-electron chi connectivity index (χ1n) is 10.6. The van der Waals surface area contributed by atoms with Crippen molar-refractivity contribution >= 4 is 5.78 Å². The van der Waals surface area contributed by atoms with E-state index < -0.39 is 0 Å². The lowest BCUT2D eigenvalue weighted by molar-refractivity contribution is -0.137. The Bertz CT molecular complexity index is 551. The Morgan fingerprint density at radius 3 is 2.12 bits per heavy atom. The minimum absolute atomic E-state index is 0.0135. The van der Waals surface area contributed by atoms with Gasteiger partial charge in [0.2, 0.25) is 0 Å². The number of fused-ring (bicyclic) bond motifs is 3. The molecule has 0 radical (unpaired) electrons. The molecule has 3 aliphatic rings. The first-order valence-corrected chi connectivity index (χ1v) is 10.6. The highest BCUT2D eigenvalue weighted by Crippen LogP contribution is 2.55. The Balaban J connectivity index is 2.11. The molecule has 0 aliphatic carbocycles. The van der Waals surface area contributed by atoms with Crippen molar-refractivity contribution in [3.8, 4) is 0 Å². The number of carbonyl (C=O) groups is 1. The molecule has 0 spiro atoms. The number of nitrogens with one attached hydrogen (secondary N) is 2. The maximum Gasteiger partial charge on any atom is 0.155 e. The third-order valence-corrected chi connectivity index (χ3v) is 6.85. The number of rotatable bonds is 1. The lowest BCUT2D eigenvalue weighted by Crippen LogP contribution is -2.60. The average molecular weight is 364 g/mol. The number of carbonyl (C=O) groups excluding carboxylic acids is 1. The molecule has 0 bridgehead atoms. The molecule has 0 aromatic heterocycles. The van der Waals surface area contributed by atoms with Crippen LogP contribution in [0.5, 0.6) is 0 Å². The van der Waals surface area contributed by atoms with E-state index in [4.69, 9.17) is 0 Å². The molecule has 3 aliphatic heterocycles. The zero-order valence-corrected chi connectivity index (χ0v) is 18.4. The molecular formula is C22H41N3O. The van der Waals surface area contributed by atoms with Crippen LogP contribution in [0.3, 0.4) is 0 Å². The summed E-state index contributed by atoms with van der Waals surface area (Å²) in [5.41, 5.74) is -0.266. The molecule has 3 heterocycles. The molecule has 6 unspecified atom stereocenters. The predicted octanol–water partition coefficient (Wildman–Crippen LogP) is 3.62. The number of hydrogen-bond acceptors (Lipinski definition) is 4. The van der Waals surface area contributed by atoms with Gasteiger partial charge in [-0.1, -0.05) is 41.5 Å². The standard InChI is InChI=1S/C22H41N3O/c1-20(2,3)15-14-13-11-10-12-23-18(13)24-19(14)25(22(7,8)9)16(15)17(26)21(4,5)6/h13-16,18-19,23-24H,10-12H2,1-9H3. The summed E-state index contributed by atoms with van der Waals surface area (Å²) in [4.78, 5) is 16.2. The molecule has 0 amide bonds. The summed E-state index contributed by atoms with van der Waals surface area (Å²) in [6, 6.07) is -0.0135. The van der Waals surface area contributed by atoms with Crippen LogP contribution >= 0.6 is 0 Å². The minimum Gasteiger partial charge on any atom is -0.302 e. The van der Waals surface area contributed by atoms with Crippen molar-refractivity contribution in [2.75, 3.05) is 6.54 Å². The van der Waals surface area contributed by atoms with E-state index in [-0.39, 0.29) is 28.6 Å². The maximum absolute atomic E-state index is 13.7. The second kappa shape index (κ2) is 6.28. The SMILES string of the molecule is CC(C)(C)C(=O)C1C(C(C)(C)C)C2C3CCCNC3NC2N1C(C)(C)C. The lowest BCUT2D eigenvalue weighted by atomic mass is 9.64. The van der Waals surface area contributed by atoms with E-state index in [0.29, 0.717) is 29.7 Å². The van der Waals surface area contributed by atoms with Crippen LogP contribution in [0, 0.1) is 28.6 Å². The Morgan fingerprint density at radius 1 is 1.00 bits per heavy atom. The van der Waals surface area contributed by atoms with Gasteiger partial charge in [-0.3, -0.25) is 15.0 Å². The third-order valence-electron chi connectivity index (χ3n) is 6.85. The van der Waals surface area contributed by atoms with Crippen molar-refractivity contribution in [1.29, 1.82) is 0 Å². The highest BCUT2D eigenvalue weighted by Gasteiger charge is 2.64. The molecule has 0 saturated carbocycles. The van der Waals surface area contributed by atoms with Crippen LogP contribution in [0.15, 0.2) is 0 Å². The first-order chi connectivity index (χ1) is 11.7. The van der Waals surface area contributed by atoms with Crippen molar-refractivity contribution in [2.24, 2.45) is 28.6 Å². The Kier molecular flexibility index (Phi) is 4.90. The molecule has 3 fully saturated rings. The second-order valence-electron chi connectivity index (χ2n) is 12.0. The molecule has 150 valence electrons. The highest BCUT2D eigenvalue weighted by atomic mass is 16.1. The third kappa shape index (κ3) is 3.27. The van der Waals surface area contributed by atoms with Gasteiger partial charge in [0.1, 0.15) is 0 Å². The Hall–Kier alpha value is -0.450. The van der Waals surface area contributed by atoms with Crippen LogP contribution in [-0.4, -0.2) is 41.1 Å². The van der Waals surface area contributed by atoms with E-state index >= 15 is 0 Å². The quantitative estimate of drug-likeness (QED) is 0.747. The van der Waals surface area contributed by atoms with Gasteiger partial charge in [-0.05, 0) is 63.3 Å². The van der Waals surface area contributed by atoms with Crippen LogP contribution in [0.4, 0.5) is 0 Å². The summed E-state index contributed by atoms with van der Waals surface area (Å²) >= 11 is 0. The zero-order chi connectivity index (χ0) is 19.7. The molecule has 4 heteroatoms. The summed E-state index contributed by atoms with van der Waals surface area (Å²) in [5.74, 6) is 1.94. The van der Waals surface area contributed by atoms with Gasteiger partial charge in [-0.15, -0.1) is 0 Å². The molecule has 4 nitrogen and oxygen atoms in total. The van der Waals surface area contributed by atoms with Crippen molar-refractivity contribution < 1.29 is 4.79 Å². The molecule has 3 rings (SSSR count). The summed E-state index contributed by atoms with van der Waals surface area (Å²) < 4.78 is 0. The van der Waals surface area contributed by atoms with Crippen molar-refractivity contribution in [1.82, 2.24) is 15.5 Å². The van der Waals surface area contributed by atoms with E-state index in [1.165, 1.54) is 12.8 Å². The fourth-order valence-corrected chi connectivity index (χ4v) is 5.94. The van der Waals surface area contributed by atoms with Gasteiger partial charge in [0, 0.05) is 11.0 Å². The minimum atomic E-state index is -0.319. The molecule has 3 saturated heterocycles. The number of ketones is 1. The predicted molar refractivity (Wildman–Crippen MR) is 108 cm³/mol. The number of hydrogen-bond donors (Lipinski definition) is 2. The largest absolute Gasteiger partial charge is 0.302 e. The number of piperidine rings is 1. The molecule has 0 aromatic rings. The van der Waals surface area contributed by atoms with Gasteiger partial charge in [0.05, 0.1) is 18.4 Å². The smallest absolute Gasteiger partial charge is 0.155 e. The van der Waals surface area contributed by atoms with Gasteiger partial charge in [-0.25, -0.2) is 0 Å². The summed E-state index contributed by atoms with van der Waals surface area (Å²) in [6.07, 6.45) is 3.21. The van der Waals surface area contributed by atoms with Gasteiger partial charge in [0.25, 0.3) is 0 Å². The van der Waals surface area contributed by atoms with E-state index in [0.717, 1.165) is 6.54 Å². The summed E-state index contributed by atoms with van der Waals surface area (Å²) in [6.45, 7) is 21.2. The number of nitrogens with zero attached hydrogens (tertiary/aromatic N) is 1. The van der Waals surface area contributed by atoms with E-state index in [1.807, 2.05) is 0 Å². The monoisotopic (exact) mass is 363 g/mol. The van der Waals surface area contributed by atoms with Crippen LogP contribution in [0.1, 0.15) is 75.2 Å². The average Bonchev–Trinajstić information content (AvgIpc) is 2.97. The Labute approximate surface area is 160 Å². The molecule has 6 atom stereocenters. The van der Waals surface area contributed by atoms with Gasteiger partial charge >= 0.3 is 0 Å². The summed E-state index contributed by atoms with van der Waals surface area (Å²) in [5, 5.41) is 7.62. The highest BCUT2D eigenvalue weighted by molar-refractivity contribution is 5.89. The Morgan fingerprint density at radius 2 is 1.62 bits per heavy atom. The fourth-order valence-electron chi connectivity index (χ4n) is 5.94.